The lowest BCUT2D eigenvalue weighted by molar-refractivity contribution is 0.0738. The quantitative estimate of drug-likeness (QED) is 0.654. The summed E-state index contributed by atoms with van der Waals surface area (Å²) in [7, 11) is 0. The number of rotatable bonds is 1. The van der Waals surface area contributed by atoms with E-state index >= 15 is 0 Å². The number of amides is 1. The van der Waals surface area contributed by atoms with E-state index in [9.17, 15) is 4.79 Å². The second-order valence-electron chi connectivity index (χ2n) is 5.34. The van der Waals surface area contributed by atoms with Gasteiger partial charge in [-0.3, -0.25) is 4.79 Å². The fourth-order valence-corrected chi connectivity index (χ4v) is 4.45. The molecule has 2 aromatic heterocycles. The molecule has 0 unspecified atom stereocenters. The summed E-state index contributed by atoms with van der Waals surface area (Å²) in [6.45, 7) is 1.13. The molecule has 1 aromatic carbocycles. The van der Waals surface area contributed by atoms with Gasteiger partial charge < -0.3 is 9.88 Å². The number of aromatic nitrogens is 2. The number of thiazole rings is 1. The molecule has 118 valence electrons. The Morgan fingerprint density at radius 1 is 1.30 bits per heavy atom. The predicted octanol–water partition coefficient (Wildman–Crippen LogP) is 4.78. The minimum atomic E-state index is -0.137. The molecule has 3 aromatic rings. The van der Waals surface area contributed by atoms with Crippen LogP contribution in [-0.4, -0.2) is 27.3 Å². The van der Waals surface area contributed by atoms with Crippen molar-refractivity contribution < 1.29 is 4.79 Å². The van der Waals surface area contributed by atoms with Gasteiger partial charge in [-0.05, 0) is 30.2 Å². The van der Waals surface area contributed by atoms with Crippen LogP contribution in [-0.2, 0) is 13.0 Å². The van der Waals surface area contributed by atoms with Crippen molar-refractivity contribution >= 4 is 62.9 Å². The van der Waals surface area contributed by atoms with Crippen molar-refractivity contribution in [3.05, 3.63) is 49.0 Å². The number of hydrogen-bond donors (Lipinski definition) is 1. The first kappa shape index (κ1) is 15.3. The van der Waals surface area contributed by atoms with Gasteiger partial charge in [0.05, 0.1) is 6.54 Å². The van der Waals surface area contributed by atoms with Crippen molar-refractivity contribution in [3.8, 4) is 0 Å². The van der Waals surface area contributed by atoms with Crippen molar-refractivity contribution in [2.45, 2.75) is 13.0 Å². The summed E-state index contributed by atoms with van der Waals surface area (Å²) in [5, 5.41) is 2.00. The van der Waals surface area contributed by atoms with E-state index in [1.54, 1.807) is 4.90 Å². The third-order valence-corrected chi connectivity index (χ3v) is 5.75. The Morgan fingerprint density at radius 2 is 2.13 bits per heavy atom. The zero-order valence-corrected chi connectivity index (χ0v) is 14.8. The lowest BCUT2D eigenvalue weighted by Gasteiger charge is -2.26. The second kappa shape index (κ2) is 5.67. The molecule has 0 spiro atoms. The summed E-state index contributed by atoms with van der Waals surface area (Å²) >= 11 is 19.0. The fraction of sp³-hybridized carbons (Fsp3) is 0.200. The van der Waals surface area contributed by atoms with E-state index in [4.69, 9.17) is 34.8 Å². The lowest BCUT2D eigenvalue weighted by atomic mass is 10.0. The SMILES string of the molecule is O=C(c1sc(Cl)nc1Cl)N1CCc2c([nH]c3ccc(Cl)cc23)C1. The van der Waals surface area contributed by atoms with Gasteiger partial charge in [0.1, 0.15) is 4.88 Å². The van der Waals surface area contributed by atoms with Gasteiger partial charge in [0.2, 0.25) is 0 Å². The first-order chi connectivity index (χ1) is 11.0. The number of carbonyl (C=O) groups is 1. The van der Waals surface area contributed by atoms with Crippen LogP contribution < -0.4 is 0 Å². The minimum absolute atomic E-state index is 0.137. The molecule has 0 bridgehead atoms. The van der Waals surface area contributed by atoms with Crippen LogP contribution in [0.1, 0.15) is 20.9 Å². The van der Waals surface area contributed by atoms with Crippen LogP contribution in [0.5, 0.6) is 0 Å². The molecule has 0 aliphatic carbocycles. The van der Waals surface area contributed by atoms with Gasteiger partial charge in [-0.15, -0.1) is 0 Å². The highest BCUT2D eigenvalue weighted by molar-refractivity contribution is 7.18. The summed E-state index contributed by atoms with van der Waals surface area (Å²) in [5.41, 5.74) is 3.29. The zero-order chi connectivity index (χ0) is 16.1. The summed E-state index contributed by atoms with van der Waals surface area (Å²) in [5.74, 6) is -0.137. The van der Waals surface area contributed by atoms with E-state index in [0.717, 1.165) is 34.4 Å². The average molecular weight is 387 g/mol. The number of fused-ring (bicyclic) bond motifs is 3. The van der Waals surface area contributed by atoms with Gasteiger partial charge in [-0.1, -0.05) is 46.1 Å². The first-order valence-electron chi connectivity index (χ1n) is 6.93. The lowest BCUT2D eigenvalue weighted by Crippen LogP contribution is -2.35. The average Bonchev–Trinajstić information content (AvgIpc) is 3.05. The molecule has 0 atom stereocenters. The third-order valence-electron chi connectivity index (χ3n) is 3.98. The third kappa shape index (κ3) is 2.62. The molecule has 1 aliphatic heterocycles. The molecule has 0 radical (unpaired) electrons. The van der Waals surface area contributed by atoms with Gasteiger partial charge >= 0.3 is 0 Å². The summed E-state index contributed by atoms with van der Waals surface area (Å²) < 4.78 is 0.274. The van der Waals surface area contributed by atoms with Gasteiger partial charge in [-0.25, -0.2) is 4.98 Å². The van der Waals surface area contributed by atoms with Gasteiger partial charge in [-0.2, -0.15) is 0 Å². The van der Waals surface area contributed by atoms with Gasteiger partial charge in [0, 0.05) is 28.2 Å². The van der Waals surface area contributed by atoms with Crippen LogP contribution in [0.3, 0.4) is 0 Å². The Labute approximate surface area is 151 Å². The molecule has 1 amide bonds. The van der Waals surface area contributed by atoms with Crippen molar-refractivity contribution in [3.63, 3.8) is 0 Å². The zero-order valence-electron chi connectivity index (χ0n) is 11.7. The van der Waals surface area contributed by atoms with E-state index < -0.39 is 0 Å². The van der Waals surface area contributed by atoms with Gasteiger partial charge in [0.15, 0.2) is 9.62 Å². The van der Waals surface area contributed by atoms with Crippen LogP contribution in [0.2, 0.25) is 14.6 Å². The highest BCUT2D eigenvalue weighted by Gasteiger charge is 2.27. The molecule has 23 heavy (non-hydrogen) atoms. The molecule has 4 rings (SSSR count). The number of benzene rings is 1. The Kier molecular flexibility index (Phi) is 3.76. The monoisotopic (exact) mass is 385 g/mol. The van der Waals surface area contributed by atoms with Crippen molar-refractivity contribution in [1.82, 2.24) is 14.9 Å². The second-order valence-corrected chi connectivity index (χ2v) is 7.71. The molecule has 0 fully saturated rings. The summed E-state index contributed by atoms with van der Waals surface area (Å²) in [6, 6.07) is 5.78. The molecule has 3 heterocycles. The molecule has 1 aliphatic rings. The Hall–Kier alpha value is -1.27. The molecular weight excluding hydrogens is 377 g/mol. The minimum Gasteiger partial charge on any atom is -0.357 e. The molecule has 1 N–H and O–H groups in total. The molecular formula is C15H10Cl3N3OS. The molecule has 8 heteroatoms. The normalized spacial score (nSPS) is 14.3. The summed E-state index contributed by atoms with van der Waals surface area (Å²) in [6.07, 6.45) is 0.769. The topological polar surface area (TPSA) is 49.0 Å². The smallest absolute Gasteiger partial charge is 0.267 e. The van der Waals surface area contributed by atoms with E-state index in [1.807, 2.05) is 18.2 Å². The van der Waals surface area contributed by atoms with Crippen LogP contribution >= 0.6 is 46.1 Å². The maximum absolute atomic E-state index is 12.6. The fourth-order valence-electron chi connectivity index (χ4n) is 2.94. The molecule has 4 nitrogen and oxygen atoms in total. The number of carbonyl (C=O) groups excluding carboxylic acids is 1. The number of aromatic amines is 1. The van der Waals surface area contributed by atoms with Crippen LogP contribution in [0.15, 0.2) is 18.2 Å². The van der Waals surface area contributed by atoms with E-state index in [-0.39, 0.29) is 15.5 Å². The summed E-state index contributed by atoms with van der Waals surface area (Å²) in [4.78, 5) is 22.0. The van der Waals surface area contributed by atoms with Crippen LogP contribution in [0.4, 0.5) is 0 Å². The van der Waals surface area contributed by atoms with Crippen LogP contribution in [0, 0.1) is 0 Å². The van der Waals surface area contributed by atoms with E-state index in [0.29, 0.717) is 23.0 Å². The first-order valence-corrected chi connectivity index (χ1v) is 8.88. The molecule has 0 saturated heterocycles. The Morgan fingerprint density at radius 3 is 2.87 bits per heavy atom. The van der Waals surface area contributed by atoms with Crippen molar-refractivity contribution in [2.24, 2.45) is 0 Å². The largest absolute Gasteiger partial charge is 0.357 e. The Balaban J connectivity index is 1.67. The van der Waals surface area contributed by atoms with Crippen LogP contribution in [0.25, 0.3) is 10.9 Å². The van der Waals surface area contributed by atoms with E-state index in [2.05, 4.69) is 9.97 Å². The van der Waals surface area contributed by atoms with Crippen molar-refractivity contribution in [2.75, 3.05) is 6.54 Å². The standard InChI is InChI=1S/C15H10Cl3N3OS/c16-7-1-2-10-9(5-7)8-3-4-21(6-11(8)19-10)14(22)12-13(17)20-15(18)23-12/h1-2,5,19H,3-4,6H2. The number of halogens is 3. The number of nitrogens with zero attached hydrogens (tertiary/aromatic N) is 2. The highest BCUT2D eigenvalue weighted by Crippen LogP contribution is 2.32. The maximum atomic E-state index is 12.6. The van der Waals surface area contributed by atoms with Gasteiger partial charge in [0.25, 0.3) is 5.91 Å². The molecule has 0 saturated carbocycles. The van der Waals surface area contributed by atoms with Crippen molar-refractivity contribution in [1.29, 1.82) is 0 Å². The highest BCUT2D eigenvalue weighted by atomic mass is 35.5. The number of H-pyrrole nitrogens is 1. The van der Waals surface area contributed by atoms with E-state index in [1.165, 1.54) is 5.56 Å². The maximum Gasteiger partial charge on any atom is 0.267 e. The predicted molar refractivity (Wildman–Crippen MR) is 93.9 cm³/mol. The Bertz CT molecular complexity index is 934. The number of hydrogen-bond acceptors (Lipinski definition) is 3. The number of nitrogens with one attached hydrogen (secondary N) is 1.